The summed E-state index contributed by atoms with van der Waals surface area (Å²) in [7, 11) is 0. The second-order valence-electron chi connectivity index (χ2n) is 2.66. The van der Waals surface area contributed by atoms with Crippen molar-refractivity contribution in [3.05, 3.63) is 28.2 Å². The molecule has 15 heavy (non-hydrogen) atoms. The largest absolute Gasteiger partial charge is 0.611 e. The zero-order chi connectivity index (χ0) is 11.4. The Morgan fingerprint density at radius 2 is 2.13 bits per heavy atom. The van der Waals surface area contributed by atoms with Crippen LogP contribution in [0.25, 0.3) is 0 Å². The topological polar surface area (TPSA) is 81.7 Å². The van der Waals surface area contributed by atoms with Gasteiger partial charge in [-0.15, -0.1) is 0 Å². The maximum atomic E-state index is 11.6. The van der Waals surface area contributed by atoms with E-state index >= 15 is 0 Å². The molecule has 82 valence electrons. The molecule has 3 N–H and O–H groups in total. The van der Waals surface area contributed by atoms with E-state index in [-0.39, 0.29) is 11.6 Å². The van der Waals surface area contributed by atoms with Gasteiger partial charge in [0.25, 0.3) is 0 Å². The predicted molar refractivity (Wildman–Crippen MR) is 61.1 cm³/mol. The first-order valence-electron chi connectivity index (χ1n) is 3.84. The number of hydrogen-bond acceptors (Lipinski definition) is 3. The van der Waals surface area contributed by atoms with Gasteiger partial charge in [0.15, 0.2) is 16.5 Å². The third-order valence-electron chi connectivity index (χ3n) is 1.56. The van der Waals surface area contributed by atoms with E-state index in [0.29, 0.717) is 14.9 Å². The molecule has 0 amide bonds. The number of amidine groups is 1. The van der Waals surface area contributed by atoms with Gasteiger partial charge < -0.3 is 15.5 Å². The van der Waals surface area contributed by atoms with Crippen molar-refractivity contribution in [2.45, 2.75) is 4.90 Å². The Balaban J connectivity index is 2.82. The lowest BCUT2D eigenvalue weighted by Gasteiger charge is -2.09. The molecule has 0 heterocycles. The quantitative estimate of drug-likeness (QED) is 0.288. The molecule has 0 bridgehead atoms. The molecule has 1 rings (SSSR count). The SMILES string of the molecule is NC(C[S+]([O-])c1ccc(Cl)c(Cl)c1)=NO. The zero-order valence-electron chi connectivity index (χ0n) is 7.48. The third kappa shape index (κ3) is 3.46. The number of hydrogen-bond donors (Lipinski definition) is 2. The van der Waals surface area contributed by atoms with Crippen molar-refractivity contribution in [2.75, 3.05) is 5.75 Å². The molecule has 0 aliphatic carbocycles. The van der Waals surface area contributed by atoms with Gasteiger partial charge in [0, 0.05) is 6.07 Å². The van der Waals surface area contributed by atoms with Crippen molar-refractivity contribution in [3.8, 4) is 0 Å². The van der Waals surface area contributed by atoms with E-state index in [2.05, 4.69) is 5.16 Å². The van der Waals surface area contributed by atoms with E-state index in [1.807, 2.05) is 0 Å². The number of benzene rings is 1. The van der Waals surface area contributed by atoms with E-state index in [9.17, 15) is 4.55 Å². The molecule has 0 fully saturated rings. The lowest BCUT2D eigenvalue weighted by Crippen LogP contribution is -2.23. The van der Waals surface area contributed by atoms with Crippen LogP contribution in [-0.2, 0) is 11.2 Å². The zero-order valence-corrected chi connectivity index (χ0v) is 9.81. The highest BCUT2D eigenvalue weighted by Crippen LogP contribution is 2.25. The maximum absolute atomic E-state index is 11.6. The minimum absolute atomic E-state index is 0.0472. The van der Waals surface area contributed by atoms with Crippen LogP contribution in [0.3, 0.4) is 0 Å². The maximum Gasteiger partial charge on any atom is 0.189 e. The fourth-order valence-electron chi connectivity index (χ4n) is 0.865. The molecule has 0 radical (unpaired) electrons. The van der Waals surface area contributed by atoms with Gasteiger partial charge in [-0.1, -0.05) is 28.4 Å². The second-order valence-corrected chi connectivity index (χ2v) is 4.92. The molecule has 1 aromatic rings. The van der Waals surface area contributed by atoms with Gasteiger partial charge in [-0.05, 0) is 23.3 Å². The van der Waals surface area contributed by atoms with Gasteiger partial charge in [-0.3, -0.25) is 0 Å². The van der Waals surface area contributed by atoms with Gasteiger partial charge in [0.1, 0.15) is 0 Å². The molecule has 0 aliphatic heterocycles. The molecule has 1 aromatic carbocycles. The van der Waals surface area contributed by atoms with Crippen LogP contribution in [0.2, 0.25) is 10.0 Å². The Labute approximate surface area is 99.8 Å². The van der Waals surface area contributed by atoms with Crippen LogP contribution >= 0.6 is 23.2 Å². The first-order chi connectivity index (χ1) is 7.04. The highest BCUT2D eigenvalue weighted by molar-refractivity contribution is 7.92. The molecule has 0 aromatic heterocycles. The number of rotatable bonds is 3. The summed E-state index contributed by atoms with van der Waals surface area (Å²) in [4.78, 5) is 0.482. The van der Waals surface area contributed by atoms with Crippen LogP contribution in [0.4, 0.5) is 0 Å². The smallest absolute Gasteiger partial charge is 0.189 e. The molecule has 0 spiro atoms. The van der Waals surface area contributed by atoms with Crippen molar-refractivity contribution in [1.82, 2.24) is 0 Å². The molecular formula is C8H8Cl2N2O2S. The Kier molecular flexibility index (Phi) is 4.53. The number of nitrogens with two attached hydrogens (primary N) is 1. The summed E-state index contributed by atoms with van der Waals surface area (Å²) < 4.78 is 11.6. The van der Waals surface area contributed by atoms with Crippen molar-refractivity contribution < 1.29 is 9.76 Å². The van der Waals surface area contributed by atoms with Gasteiger partial charge in [-0.2, -0.15) is 0 Å². The summed E-state index contributed by atoms with van der Waals surface area (Å²) in [6.45, 7) is 0. The van der Waals surface area contributed by atoms with E-state index in [1.54, 1.807) is 12.1 Å². The minimum atomic E-state index is -1.39. The van der Waals surface area contributed by atoms with Crippen molar-refractivity contribution in [3.63, 3.8) is 0 Å². The Morgan fingerprint density at radius 3 is 2.67 bits per heavy atom. The molecule has 0 aliphatic rings. The lowest BCUT2D eigenvalue weighted by atomic mass is 10.4. The highest BCUT2D eigenvalue weighted by atomic mass is 35.5. The Morgan fingerprint density at radius 1 is 1.47 bits per heavy atom. The minimum Gasteiger partial charge on any atom is -0.611 e. The van der Waals surface area contributed by atoms with Crippen molar-refractivity contribution >= 4 is 40.2 Å². The van der Waals surface area contributed by atoms with Crippen LogP contribution in [0.15, 0.2) is 28.3 Å². The number of halogens is 2. The molecule has 0 saturated heterocycles. The van der Waals surface area contributed by atoms with E-state index in [4.69, 9.17) is 34.1 Å². The standard InChI is InChI=1S/C8H8Cl2N2O2S/c9-6-2-1-5(3-7(6)10)15(14)4-8(11)12-13/h1-3,13H,4H2,(H2,11,12). The average Bonchev–Trinajstić information content (AvgIpc) is 2.21. The van der Waals surface area contributed by atoms with Crippen molar-refractivity contribution in [1.29, 1.82) is 0 Å². The molecule has 1 atom stereocenters. The molecule has 7 heteroatoms. The number of nitrogens with zero attached hydrogens (tertiary/aromatic N) is 1. The van der Waals surface area contributed by atoms with Crippen LogP contribution in [-0.4, -0.2) is 21.3 Å². The summed E-state index contributed by atoms with van der Waals surface area (Å²) >= 11 is 10.1. The Bertz CT molecular complexity index is 387. The van der Waals surface area contributed by atoms with Gasteiger partial charge in [0.05, 0.1) is 10.0 Å². The van der Waals surface area contributed by atoms with Gasteiger partial charge in [-0.25, -0.2) is 0 Å². The summed E-state index contributed by atoms with van der Waals surface area (Å²) in [6.07, 6.45) is 0. The highest BCUT2D eigenvalue weighted by Gasteiger charge is 2.14. The van der Waals surface area contributed by atoms with Crippen molar-refractivity contribution in [2.24, 2.45) is 10.9 Å². The predicted octanol–water partition coefficient (Wildman–Crippen LogP) is 1.85. The van der Waals surface area contributed by atoms with E-state index in [1.165, 1.54) is 6.07 Å². The Hall–Kier alpha value is -0.620. The van der Waals surface area contributed by atoms with Crippen LogP contribution in [0, 0.1) is 0 Å². The first-order valence-corrected chi connectivity index (χ1v) is 5.92. The summed E-state index contributed by atoms with van der Waals surface area (Å²) in [5, 5.41) is 11.8. The molecule has 4 nitrogen and oxygen atoms in total. The third-order valence-corrected chi connectivity index (χ3v) is 3.64. The summed E-state index contributed by atoms with van der Waals surface area (Å²) in [5.74, 6) is -0.145. The second kappa shape index (κ2) is 5.46. The van der Waals surface area contributed by atoms with Crippen LogP contribution in [0.1, 0.15) is 0 Å². The van der Waals surface area contributed by atoms with Gasteiger partial charge in [0.2, 0.25) is 0 Å². The number of oxime groups is 1. The molecule has 1 unspecified atom stereocenters. The summed E-state index contributed by atoms with van der Waals surface area (Å²) in [5.41, 5.74) is 5.23. The lowest BCUT2D eigenvalue weighted by molar-refractivity contribution is 0.318. The van der Waals surface area contributed by atoms with Crippen LogP contribution < -0.4 is 5.73 Å². The first kappa shape index (κ1) is 12.4. The average molecular weight is 267 g/mol. The van der Waals surface area contributed by atoms with Crippen LogP contribution in [0.5, 0.6) is 0 Å². The normalized spacial score (nSPS) is 13.9. The monoisotopic (exact) mass is 266 g/mol. The molecular weight excluding hydrogens is 259 g/mol. The fourth-order valence-corrected chi connectivity index (χ4v) is 2.19. The summed E-state index contributed by atoms with van der Waals surface area (Å²) in [6, 6.07) is 4.61. The van der Waals surface area contributed by atoms with E-state index < -0.39 is 11.2 Å². The van der Waals surface area contributed by atoms with Gasteiger partial charge >= 0.3 is 0 Å². The fraction of sp³-hybridized carbons (Fsp3) is 0.125. The molecule has 0 saturated carbocycles. The van der Waals surface area contributed by atoms with E-state index in [0.717, 1.165) is 0 Å².